The third-order valence-electron chi connectivity index (χ3n) is 4.21. The van der Waals surface area contributed by atoms with Crippen LogP contribution < -0.4 is 5.32 Å². The van der Waals surface area contributed by atoms with E-state index in [1.54, 1.807) is 6.07 Å². The Kier molecular flexibility index (Phi) is 7.31. The Morgan fingerprint density at radius 1 is 1.25 bits per heavy atom. The monoisotopic (exact) mass is 393 g/mol. The Hall–Kier alpha value is -2.71. The van der Waals surface area contributed by atoms with E-state index in [-0.39, 0.29) is 24.2 Å². The van der Waals surface area contributed by atoms with Crippen LogP contribution in [0.1, 0.15) is 42.6 Å². The zero-order chi connectivity index (χ0) is 20.8. The molecule has 1 aliphatic rings. The number of hydrogen-bond acceptors (Lipinski definition) is 7. The summed E-state index contributed by atoms with van der Waals surface area (Å²) < 4.78 is 19.1. The third kappa shape index (κ3) is 5.17. The van der Waals surface area contributed by atoms with Crippen LogP contribution in [0.25, 0.3) is 6.08 Å². The summed E-state index contributed by atoms with van der Waals surface area (Å²) in [7, 11) is 0. The van der Waals surface area contributed by atoms with Crippen molar-refractivity contribution in [3.05, 3.63) is 41.2 Å². The highest BCUT2D eigenvalue weighted by Crippen LogP contribution is 2.29. The summed E-state index contributed by atoms with van der Waals surface area (Å²) in [5.41, 5.74) is 0.837. The number of hydrogen-bond donors (Lipinski definition) is 4. The van der Waals surface area contributed by atoms with Crippen molar-refractivity contribution in [2.24, 2.45) is 0 Å². The van der Waals surface area contributed by atoms with Gasteiger partial charge in [-0.05, 0) is 38.0 Å². The lowest BCUT2D eigenvalue weighted by atomic mass is 10.0. The summed E-state index contributed by atoms with van der Waals surface area (Å²) in [6, 6.07) is 3.02. The first-order chi connectivity index (χ1) is 13.2. The van der Waals surface area contributed by atoms with Gasteiger partial charge in [0.1, 0.15) is 23.5 Å². The average molecular weight is 393 g/mol. The number of benzene rings is 1. The maximum Gasteiger partial charge on any atom is 0.342 e. The molecule has 0 aromatic heterocycles. The van der Waals surface area contributed by atoms with Crippen molar-refractivity contribution in [2.75, 3.05) is 11.9 Å². The Labute approximate surface area is 162 Å². The Bertz CT molecular complexity index is 804. The van der Waals surface area contributed by atoms with Gasteiger partial charge in [0.25, 0.3) is 0 Å². The van der Waals surface area contributed by atoms with E-state index in [0.717, 1.165) is 6.08 Å². The van der Waals surface area contributed by atoms with E-state index in [1.165, 1.54) is 25.1 Å². The zero-order valence-electron chi connectivity index (χ0n) is 15.7. The molecule has 0 amide bonds. The lowest BCUT2D eigenvalue weighted by molar-refractivity contribution is -0.130. The number of aromatic hydroxyl groups is 1. The second-order valence-corrected chi connectivity index (χ2v) is 6.51. The summed E-state index contributed by atoms with van der Waals surface area (Å²) in [5, 5.41) is 33.1. The molecular formula is C20H24FNO6. The van der Waals surface area contributed by atoms with Gasteiger partial charge in [0, 0.05) is 24.7 Å². The molecule has 0 radical (unpaired) electrons. The molecule has 1 aromatic carbocycles. The normalized spacial score (nSPS) is 27.0. The van der Waals surface area contributed by atoms with Gasteiger partial charge in [-0.15, -0.1) is 0 Å². The quantitative estimate of drug-likeness (QED) is 0.570. The molecule has 1 aliphatic heterocycles. The van der Waals surface area contributed by atoms with Gasteiger partial charge < -0.3 is 25.4 Å². The number of ether oxygens (including phenoxy) is 1. The number of nitrogens with one attached hydrogen (secondary N) is 1. The molecule has 0 bridgehead atoms. The van der Waals surface area contributed by atoms with Crippen LogP contribution in [0.4, 0.5) is 10.1 Å². The number of aliphatic hydroxyl groups excluding tert-OH is 2. The van der Waals surface area contributed by atoms with Crippen molar-refractivity contribution < 1.29 is 34.0 Å². The molecule has 0 aliphatic carbocycles. The smallest absolute Gasteiger partial charge is 0.342 e. The van der Waals surface area contributed by atoms with Crippen molar-refractivity contribution in [1.29, 1.82) is 0 Å². The van der Waals surface area contributed by atoms with E-state index in [0.29, 0.717) is 17.8 Å². The fourth-order valence-corrected chi connectivity index (χ4v) is 2.75. The molecule has 4 N–H and O–H groups in total. The zero-order valence-corrected chi connectivity index (χ0v) is 15.7. The van der Waals surface area contributed by atoms with Crippen molar-refractivity contribution in [1.82, 2.24) is 0 Å². The predicted octanol–water partition coefficient (Wildman–Crippen LogP) is 2.32. The van der Waals surface area contributed by atoms with Gasteiger partial charge in [0.05, 0.1) is 6.10 Å². The lowest BCUT2D eigenvalue weighted by Gasteiger charge is -2.17. The minimum atomic E-state index is -1.91. The molecule has 3 atom stereocenters. The summed E-state index contributed by atoms with van der Waals surface area (Å²) in [6.07, 6.45) is -0.746. The summed E-state index contributed by atoms with van der Waals surface area (Å²) >= 11 is 0. The van der Waals surface area contributed by atoms with Crippen LogP contribution in [0.15, 0.2) is 30.1 Å². The number of phenolic OH excluding ortho intramolecular Hbond substituents is 1. The first kappa shape index (κ1) is 21.6. The molecule has 1 aromatic rings. The summed E-state index contributed by atoms with van der Waals surface area (Å²) in [6.45, 7) is 3.97. The Balaban J connectivity index is 2.48. The number of carbonyl (C=O) groups is 2. The number of rotatable bonds is 2. The van der Waals surface area contributed by atoms with E-state index in [2.05, 4.69) is 5.32 Å². The first-order valence-electron chi connectivity index (χ1n) is 8.99. The maximum atomic E-state index is 13.9. The third-order valence-corrected chi connectivity index (χ3v) is 4.21. The highest BCUT2D eigenvalue weighted by molar-refractivity contribution is 5.98. The molecule has 152 valence electrons. The van der Waals surface area contributed by atoms with Gasteiger partial charge >= 0.3 is 5.97 Å². The highest BCUT2D eigenvalue weighted by Gasteiger charge is 2.27. The fourth-order valence-electron chi connectivity index (χ4n) is 2.75. The van der Waals surface area contributed by atoms with E-state index in [4.69, 9.17) is 4.74 Å². The molecule has 0 saturated heterocycles. The SMILES string of the molecule is CCNc1cc(O)c2c(c1)/C=C/C[C@H](O)[C@H](O)C(=O)/C(F)=C\C[C@H](C)OC2=O. The second-order valence-electron chi connectivity index (χ2n) is 6.51. The van der Waals surface area contributed by atoms with Crippen LogP contribution in [0.3, 0.4) is 0 Å². The van der Waals surface area contributed by atoms with Gasteiger partial charge in [0.15, 0.2) is 5.83 Å². The molecule has 28 heavy (non-hydrogen) atoms. The second kappa shape index (κ2) is 9.48. The number of esters is 1. The minimum absolute atomic E-state index is 0.0719. The van der Waals surface area contributed by atoms with E-state index in [9.17, 15) is 29.3 Å². The number of halogens is 1. The number of fused-ring (bicyclic) bond motifs is 1. The lowest BCUT2D eigenvalue weighted by Crippen LogP contribution is -2.34. The molecule has 0 saturated carbocycles. The Morgan fingerprint density at radius 3 is 2.64 bits per heavy atom. The number of aliphatic hydroxyl groups is 2. The van der Waals surface area contributed by atoms with Gasteiger partial charge in [-0.3, -0.25) is 4.79 Å². The summed E-state index contributed by atoms with van der Waals surface area (Å²) in [4.78, 5) is 24.4. The van der Waals surface area contributed by atoms with Crippen molar-refractivity contribution in [3.63, 3.8) is 0 Å². The number of cyclic esters (lactones) is 1. The van der Waals surface area contributed by atoms with E-state index < -0.39 is 35.9 Å². The van der Waals surface area contributed by atoms with Crippen LogP contribution in [0.5, 0.6) is 5.75 Å². The number of carbonyl (C=O) groups excluding carboxylic acids is 2. The maximum absolute atomic E-state index is 13.9. The van der Waals surface area contributed by atoms with Crippen LogP contribution in [0.2, 0.25) is 0 Å². The molecular weight excluding hydrogens is 369 g/mol. The fraction of sp³-hybridized carbons (Fsp3) is 0.400. The highest BCUT2D eigenvalue weighted by atomic mass is 19.1. The Morgan fingerprint density at radius 2 is 1.96 bits per heavy atom. The van der Waals surface area contributed by atoms with Crippen molar-refractivity contribution in [2.45, 2.75) is 45.0 Å². The number of ketones is 1. The van der Waals surface area contributed by atoms with Crippen molar-refractivity contribution >= 4 is 23.5 Å². The van der Waals surface area contributed by atoms with E-state index in [1.807, 2.05) is 6.92 Å². The largest absolute Gasteiger partial charge is 0.507 e. The molecule has 8 heteroatoms. The average Bonchev–Trinajstić information content (AvgIpc) is 2.63. The molecule has 0 fully saturated rings. The van der Waals surface area contributed by atoms with Gasteiger partial charge in [0.2, 0.25) is 5.78 Å². The standard InChI is InChI=1S/C20H24FNO6/c1-3-22-13-9-12-5-4-6-15(23)19(26)18(25)14(21)8-7-11(2)28-20(27)17(12)16(24)10-13/h4-5,8-11,15,19,22-24,26H,3,6-7H2,1-2H3/b5-4+,14-8+/t11-,15-,19-/m0/s1. The van der Waals surface area contributed by atoms with Gasteiger partial charge in [-0.2, -0.15) is 0 Å². The summed E-state index contributed by atoms with van der Waals surface area (Å²) in [5.74, 6) is -3.54. The van der Waals surface area contributed by atoms with Crippen LogP contribution in [-0.2, 0) is 9.53 Å². The molecule has 7 nitrogen and oxygen atoms in total. The van der Waals surface area contributed by atoms with Gasteiger partial charge in [-0.1, -0.05) is 12.2 Å². The number of anilines is 1. The van der Waals surface area contributed by atoms with E-state index >= 15 is 0 Å². The predicted molar refractivity (Wildman–Crippen MR) is 102 cm³/mol. The van der Waals surface area contributed by atoms with Gasteiger partial charge in [-0.25, -0.2) is 9.18 Å². The molecule has 0 unspecified atom stereocenters. The van der Waals surface area contributed by atoms with Crippen LogP contribution in [0, 0.1) is 0 Å². The molecule has 0 spiro atoms. The first-order valence-corrected chi connectivity index (χ1v) is 8.99. The minimum Gasteiger partial charge on any atom is -0.507 e. The number of phenols is 1. The van der Waals surface area contributed by atoms with Crippen LogP contribution in [-0.4, -0.2) is 51.9 Å². The number of Topliss-reactive ketones (excluding diaryl/α,β-unsaturated/α-hetero) is 1. The topological polar surface area (TPSA) is 116 Å². The molecule has 1 heterocycles. The molecule has 2 rings (SSSR count). The van der Waals surface area contributed by atoms with Crippen molar-refractivity contribution in [3.8, 4) is 5.75 Å². The van der Waals surface area contributed by atoms with Crippen LogP contribution >= 0.6 is 0 Å².